The SMILES string of the molecule is Cc1ccc(S(=O)(=O)Oc2ccc(N(Cc3cccc(Br)c3)Cc3cccc(Br)c3)cc2)cc1. The molecule has 4 nitrogen and oxygen atoms in total. The summed E-state index contributed by atoms with van der Waals surface area (Å²) in [7, 11) is -3.89. The summed E-state index contributed by atoms with van der Waals surface area (Å²) in [6.07, 6.45) is 0. The van der Waals surface area contributed by atoms with Crippen molar-refractivity contribution in [3.63, 3.8) is 0 Å². The van der Waals surface area contributed by atoms with Crippen LogP contribution in [0.15, 0.2) is 111 Å². The van der Waals surface area contributed by atoms with Crippen molar-refractivity contribution in [2.75, 3.05) is 4.90 Å². The maximum Gasteiger partial charge on any atom is 0.339 e. The average Bonchev–Trinajstić information content (AvgIpc) is 2.79. The van der Waals surface area contributed by atoms with Gasteiger partial charge in [0.1, 0.15) is 10.6 Å². The first-order valence-corrected chi connectivity index (χ1v) is 13.6. The van der Waals surface area contributed by atoms with Gasteiger partial charge in [0.15, 0.2) is 0 Å². The molecule has 0 unspecified atom stereocenters. The summed E-state index contributed by atoms with van der Waals surface area (Å²) in [5.74, 6) is 0.272. The molecule has 4 aromatic carbocycles. The molecule has 0 aliphatic rings. The van der Waals surface area contributed by atoms with Crippen molar-refractivity contribution >= 4 is 47.7 Å². The Labute approximate surface area is 217 Å². The number of hydrogen-bond acceptors (Lipinski definition) is 4. The zero-order chi connectivity index (χ0) is 24.1. The molecule has 0 aromatic heterocycles. The third-order valence-electron chi connectivity index (χ3n) is 5.24. The standard InChI is InChI=1S/C27H23Br2NO3S/c1-20-8-14-27(15-9-20)34(31,32)33-26-12-10-25(11-13-26)30(18-21-4-2-6-23(28)16-21)19-22-5-3-7-24(29)17-22/h2-17H,18-19H2,1H3. The van der Waals surface area contributed by atoms with Crippen molar-refractivity contribution in [1.82, 2.24) is 0 Å². The summed E-state index contributed by atoms with van der Waals surface area (Å²) in [6.45, 7) is 3.28. The van der Waals surface area contributed by atoms with E-state index < -0.39 is 10.1 Å². The molecule has 34 heavy (non-hydrogen) atoms. The van der Waals surface area contributed by atoms with Crippen molar-refractivity contribution in [3.8, 4) is 5.75 Å². The lowest BCUT2D eigenvalue weighted by molar-refractivity contribution is 0.486. The molecule has 0 aliphatic carbocycles. The Bertz CT molecular complexity index is 1320. The molecule has 4 rings (SSSR count). The van der Waals surface area contributed by atoms with Crippen LogP contribution in [-0.4, -0.2) is 8.42 Å². The van der Waals surface area contributed by atoms with Gasteiger partial charge in [-0.15, -0.1) is 0 Å². The highest BCUT2D eigenvalue weighted by atomic mass is 79.9. The van der Waals surface area contributed by atoms with E-state index in [4.69, 9.17) is 4.18 Å². The molecule has 0 bridgehead atoms. The molecule has 0 heterocycles. The van der Waals surface area contributed by atoms with Crippen LogP contribution >= 0.6 is 31.9 Å². The molecule has 7 heteroatoms. The largest absolute Gasteiger partial charge is 0.379 e. The first kappa shape index (κ1) is 24.5. The van der Waals surface area contributed by atoms with Gasteiger partial charge in [0.2, 0.25) is 0 Å². The third-order valence-corrected chi connectivity index (χ3v) is 7.49. The number of anilines is 1. The van der Waals surface area contributed by atoms with Gasteiger partial charge in [0.05, 0.1) is 0 Å². The molecule has 0 spiro atoms. The third kappa shape index (κ3) is 6.50. The van der Waals surface area contributed by atoms with E-state index in [-0.39, 0.29) is 10.6 Å². The molecule has 0 saturated heterocycles. The summed E-state index contributed by atoms with van der Waals surface area (Å²) in [5, 5.41) is 0. The second-order valence-electron chi connectivity index (χ2n) is 7.96. The number of rotatable bonds is 8. The molecule has 0 atom stereocenters. The maximum absolute atomic E-state index is 12.6. The molecule has 4 aromatic rings. The van der Waals surface area contributed by atoms with Gasteiger partial charge in [-0.25, -0.2) is 0 Å². The van der Waals surface area contributed by atoms with Gasteiger partial charge in [-0.05, 0) is 78.7 Å². The summed E-state index contributed by atoms with van der Waals surface area (Å²) >= 11 is 7.09. The fraction of sp³-hybridized carbons (Fsp3) is 0.111. The maximum atomic E-state index is 12.6. The molecular formula is C27H23Br2NO3S. The van der Waals surface area contributed by atoms with Crippen molar-refractivity contribution in [2.24, 2.45) is 0 Å². The van der Waals surface area contributed by atoms with Crippen molar-refractivity contribution < 1.29 is 12.6 Å². The predicted octanol–water partition coefficient (Wildman–Crippen LogP) is 7.49. The molecule has 0 N–H and O–H groups in total. The number of nitrogens with zero attached hydrogens (tertiary/aromatic N) is 1. The van der Waals surface area contributed by atoms with Gasteiger partial charge in [-0.1, -0.05) is 73.8 Å². The molecule has 0 aliphatic heterocycles. The fourth-order valence-corrected chi connectivity index (χ4v) is 5.37. The van der Waals surface area contributed by atoms with E-state index in [2.05, 4.69) is 61.0 Å². The zero-order valence-corrected chi connectivity index (χ0v) is 22.5. The molecule has 0 fully saturated rings. The van der Waals surface area contributed by atoms with Crippen LogP contribution in [0.4, 0.5) is 5.69 Å². The lowest BCUT2D eigenvalue weighted by atomic mass is 10.1. The topological polar surface area (TPSA) is 46.6 Å². The normalized spacial score (nSPS) is 11.3. The van der Waals surface area contributed by atoms with Crippen LogP contribution in [-0.2, 0) is 23.2 Å². The highest BCUT2D eigenvalue weighted by molar-refractivity contribution is 9.10. The highest BCUT2D eigenvalue weighted by Gasteiger charge is 2.17. The zero-order valence-electron chi connectivity index (χ0n) is 18.5. The van der Waals surface area contributed by atoms with Crippen molar-refractivity contribution in [2.45, 2.75) is 24.9 Å². The Morgan fingerprint density at radius 2 is 1.26 bits per heavy atom. The number of halogens is 2. The van der Waals surface area contributed by atoms with Gasteiger partial charge in [0, 0.05) is 27.7 Å². The Morgan fingerprint density at radius 3 is 1.76 bits per heavy atom. The minimum absolute atomic E-state index is 0.133. The number of hydrogen-bond donors (Lipinski definition) is 0. The van der Waals surface area contributed by atoms with E-state index in [0.29, 0.717) is 13.1 Å². The molecular weight excluding hydrogens is 578 g/mol. The Hall–Kier alpha value is -2.61. The van der Waals surface area contributed by atoms with Gasteiger partial charge >= 0.3 is 10.1 Å². The van der Waals surface area contributed by atoms with Gasteiger partial charge in [-0.3, -0.25) is 0 Å². The Balaban J connectivity index is 1.57. The smallest absolute Gasteiger partial charge is 0.339 e. The van der Waals surface area contributed by atoms with Gasteiger partial charge < -0.3 is 9.08 Å². The molecule has 174 valence electrons. The Kier molecular flexibility index (Phi) is 7.76. The molecule has 0 radical (unpaired) electrons. The van der Waals surface area contributed by atoms with E-state index in [1.165, 1.54) is 0 Å². The van der Waals surface area contributed by atoms with E-state index in [9.17, 15) is 8.42 Å². The van der Waals surface area contributed by atoms with Crippen LogP contribution in [0, 0.1) is 6.92 Å². The van der Waals surface area contributed by atoms with Crippen molar-refractivity contribution in [1.29, 1.82) is 0 Å². The number of aryl methyl sites for hydroxylation is 1. The quantitative estimate of drug-likeness (QED) is 0.197. The Morgan fingerprint density at radius 1 is 0.735 bits per heavy atom. The second kappa shape index (κ2) is 10.8. The monoisotopic (exact) mass is 599 g/mol. The summed E-state index contributed by atoms with van der Waals surface area (Å²) in [6, 6.07) is 30.2. The van der Waals surface area contributed by atoms with Crippen LogP contribution in [0.3, 0.4) is 0 Å². The van der Waals surface area contributed by atoms with Crippen LogP contribution in [0.5, 0.6) is 5.75 Å². The minimum Gasteiger partial charge on any atom is -0.379 e. The second-order valence-corrected chi connectivity index (χ2v) is 11.3. The first-order chi connectivity index (χ1) is 16.3. The van der Waals surface area contributed by atoms with E-state index >= 15 is 0 Å². The van der Waals surface area contributed by atoms with Gasteiger partial charge in [0.25, 0.3) is 0 Å². The average molecular weight is 601 g/mol. The lowest BCUT2D eigenvalue weighted by Crippen LogP contribution is -2.22. The first-order valence-electron chi connectivity index (χ1n) is 10.6. The van der Waals surface area contributed by atoms with Crippen LogP contribution in [0.25, 0.3) is 0 Å². The molecule has 0 amide bonds. The number of benzene rings is 4. The van der Waals surface area contributed by atoms with Crippen LogP contribution in [0.1, 0.15) is 16.7 Å². The predicted molar refractivity (Wildman–Crippen MR) is 144 cm³/mol. The van der Waals surface area contributed by atoms with E-state index in [1.54, 1.807) is 36.4 Å². The summed E-state index contributed by atoms with van der Waals surface area (Å²) in [5.41, 5.74) is 4.26. The molecule has 0 saturated carbocycles. The fourth-order valence-electron chi connectivity index (χ4n) is 3.54. The van der Waals surface area contributed by atoms with E-state index in [1.807, 2.05) is 43.3 Å². The van der Waals surface area contributed by atoms with Gasteiger partial charge in [-0.2, -0.15) is 8.42 Å². The lowest BCUT2D eigenvalue weighted by Gasteiger charge is -2.26. The summed E-state index contributed by atoms with van der Waals surface area (Å²) in [4.78, 5) is 2.37. The van der Waals surface area contributed by atoms with Crippen molar-refractivity contribution in [3.05, 3.63) is 123 Å². The summed E-state index contributed by atoms with van der Waals surface area (Å²) < 4.78 is 32.7. The van der Waals surface area contributed by atoms with Crippen LogP contribution < -0.4 is 9.08 Å². The van der Waals surface area contributed by atoms with E-state index in [0.717, 1.165) is 31.3 Å². The highest BCUT2D eigenvalue weighted by Crippen LogP contribution is 2.27. The van der Waals surface area contributed by atoms with Crippen LogP contribution in [0.2, 0.25) is 0 Å². The minimum atomic E-state index is -3.89.